The zero-order chi connectivity index (χ0) is 15.0. The third kappa shape index (κ3) is 3.48. The summed E-state index contributed by atoms with van der Waals surface area (Å²) in [6.45, 7) is 7.18. The first-order valence-electron chi connectivity index (χ1n) is 8.43. The standard InChI is InChI=1S/C19H29NS/c1-19(2,3)15-8-9-17(20)14(10-15)12-16-11-13-6-4-5-7-18(13)21-16/h4-7,14-17H,8-12,20H2,1-3H3. The van der Waals surface area contributed by atoms with Crippen LogP contribution < -0.4 is 5.73 Å². The summed E-state index contributed by atoms with van der Waals surface area (Å²) >= 11 is 2.09. The van der Waals surface area contributed by atoms with Gasteiger partial charge in [-0.25, -0.2) is 0 Å². The van der Waals surface area contributed by atoms with Crippen molar-refractivity contribution in [1.29, 1.82) is 0 Å². The Balaban J connectivity index is 1.62. The smallest absolute Gasteiger partial charge is 0.0138 e. The van der Waals surface area contributed by atoms with Crippen LogP contribution >= 0.6 is 11.8 Å². The number of hydrogen-bond donors (Lipinski definition) is 1. The van der Waals surface area contributed by atoms with Gasteiger partial charge in [0.15, 0.2) is 0 Å². The second kappa shape index (κ2) is 5.96. The fraction of sp³-hybridized carbons (Fsp3) is 0.684. The van der Waals surface area contributed by atoms with Crippen molar-refractivity contribution in [3.63, 3.8) is 0 Å². The van der Waals surface area contributed by atoms with Crippen molar-refractivity contribution in [2.75, 3.05) is 0 Å². The number of benzene rings is 1. The van der Waals surface area contributed by atoms with E-state index in [-0.39, 0.29) is 0 Å². The number of fused-ring (bicyclic) bond motifs is 1. The average Bonchev–Trinajstić information content (AvgIpc) is 2.82. The summed E-state index contributed by atoms with van der Waals surface area (Å²) in [6, 6.07) is 9.33. The van der Waals surface area contributed by atoms with E-state index in [2.05, 4.69) is 56.8 Å². The van der Waals surface area contributed by atoms with Crippen molar-refractivity contribution in [3.8, 4) is 0 Å². The van der Waals surface area contributed by atoms with Crippen molar-refractivity contribution >= 4 is 11.8 Å². The molecule has 4 atom stereocenters. The molecule has 1 aromatic carbocycles. The molecule has 0 bridgehead atoms. The summed E-state index contributed by atoms with van der Waals surface area (Å²) in [5.41, 5.74) is 8.44. The molecule has 0 radical (unpaired) electrons. The Morgan fingerprint density at radius 1 is 1.19 bits per heavy atom. The molecule has 2 aliphatic rings. The third-order valence-electron chi connectivity index (χ3n) is 5.55. The first-order valence-corrected chi connectivity index (χ1v) is 9.31. The minimum atomic E-state index is 0.424. The molecule has 21 heavy (non-hydrogen) atoms. The van der Waals surface area contributed by atoms with Crippen LogP contribution in [0.4, 0.5) is 0 Å². The predicted octanol–water partition coefficient (Wildman–Crippen LogP) is 4.88. The van der Waals surface area contributed by atoms with E-state index in [1.54, 1.807) is 5.56 Å². The first kappa shape index (κ1) is 15.4. The van der Waals surface area contributed by atoms with Gasteiger partial charge in [0.05, 0.1) is 0 Å². The summed E-state index contributed by atoms with van der Waals surface area (Å²) in [7, 11) is 0. The van der Waals surface area contributed by atoms with Gasteiger partial charge in [0.2, 0.25) is 0 Å². The maximum Gasteiger partial charge on any atom is 0.0138 e. The number of thioether (sulfide) groups is 1. The molecule has 1 aliphatic heterocycles. The molecule has 2 heteroatoms. The van der Waals surface area contributed by atoms with E-state index >= 15 is 0 Å². The molecular formula is C19H29NS. The number of rotatable bonds is 2. The second-order valence-corrected chi connectivity index (χ2v) is 9.43. The Kier molecular flexibility index (Phi) is 4.38. The third-order valence-corrected chi connectivity index (χ3v) is 6.89. The van der Waals surface area contributed by atoms with Gasteiger partial charge in [-0.15, -0.1) is 11.8 Å². The Hall–Kier alpha value is -0.470. The fourth-order valence-corrected chi connectivity index (χ4v) is 5.49. The van der Waals surface area contributed by atoms with Gasteiger partial charge in [-0.3, -0.25) is 0 Å². The van der Waals surface area contributed by atoms with Gasteiger partial charge in [-0.05, 0) is 61.0 Å². The number of hydrogen-bond acceptors (Lipinski definition) is 2. The van der Waals surface area contributed by atoms with Crippen LogP contribution in [0.1, 0.15) is 52.0 Å². The van der Waals surface area contributed by atoms with Gasteiger partial charge in [0.1, 0.15) is 0 Å². The number of nitrogens with two attached hydrogens (primary N) is 1. The van der Waals surface area contributed by atoms with E-state index in [0.717, 1.165) is 17.1 Å². The highest BCUT2D eigenvalue weighted by molar-refractivity contribution is 8.00. The molecule has 4 unspecified atom stereocenters. The van der Waals surface area contributed by atoms with Crippen LogP contribution in [0.2, 0.25) is 0 Å². The molecule has 0 amide bonds. The monoisotopic (exact) mass is 303 g/mol. The van der Waals surface area contributed by atoms with Crippen molar-refractivity contribution in [2.24, 2.45) is 23.0 Å². The lowest BCUT2D eigenvalue weighted by molar-refractivity contribution is 0.122. The molecule has 1 heterocycles. The Labute approximate surface area is 134 Å². The molecule has 0 aromatic heterocycles. The van der Waals surface area contributed by atoms with E-state index in [4.69, 9.17) is 5.73 Å². The van der Waals surface area contributed by atoms with E-state index < -0.39 is 0 Å². The fourth-order valence-electron chi connectivity index (χ4n) is 4.07. The minimum Gasteiger partial charge on any atom is -0.327 e. The Morgan fingerprint density at radius 3 is 2.67 bits per heavy atom. The highest BCUT2D eigenvalue weighted by Gasteiger charge is 2.36. The lowest BCUT2D eigenvalue weighted by atomic mass is 9.66. The maximum atomic E-state index is 6.46. The lowest BCUT2D eigenvalue weighted by Gasteiger charge is -2.41. The molecule has 116 valence electrons. The molecule has 0 saturated heterocycles. The van der Waals surface area contributed by atoms with Crippen LogP contribution in [-0.4, -0.2) is 11.3 Å². The molecule has 1 saturated carbocycles. The average molecular weight is 304 g/mol. The molecule has 1 nitrogen and oxygen atoms in total. The highest BCUT2D eigenvalue weighted by atomic mass is 32.2. The summed E-state index contributed by atoms with van der Waals surface area (Å²) < 4.78 is 0. The van der Waals surface area contributed by atoms with Gasteiger partial charge < -0.3 is 5.73 Å². The van der Waals surface area contributed by atoms with Crippen LogP contribution in [0, 0.1) is 17.3 Å². The van der Waals surface area contributed by atoms with Gasteiger partial charge in [-0.2, -0.15) is 0 Å². The van der Waals surface area contributed by atoms with Crippen molar-refractivity contribution < 1.29 is 0 Å². The topological polar surface area (TPSA) is 26.0 Å². The van der Waals surface area contributed by atoms with Crippen molar-refractivity contribution in [2.45, 2.75) is 69.1 Å². The SMILES string of the molecule is CC(C)(C)C1CCC(N)C(CC2Cc3ccccc3S2)C1. The van der Waals surface area contributed by atoms with Crippen molar-refractivity contribution in [1.82, 2.24) is 0 Å². The molecule has 1 aliphatic carbocycles. The zero-order valence-corrected chi connectivity index (χ0v) is 14.5. The quantitative estimate of drug-likeness (QED) is 0.842. The van der Waals surface area contributed by atoms with Gasteiger partial charge >= 0.3 is 0 Å². The Morgan fingerprint density at radius 2 is 1.95 bits per heavy atom. The predicted molar refractivity (Wildman–Crippen MR) is 92.7 cm³/mol. The summed E-state index contributed by atoms with van der Waals surface area (Å²) in [4.78, 5) is 1.50. The van der Waals surface area contributed by atoms with Crippen LogP contribution in [0.3, 0.4) is 0 Å². The molecule has 2 N–H and O–H groups in total. The van der Waals surface area contributed by atoms with Gasteiger partial charge in [-0.1, -0.05) is 39.0 Å². The summed E-state index contributed by atoms with van der Waals surface area (Å²) in [5.74, 6) is 1.56. The summed E-state index contributed by atoms with van der Waals surface area (Å²) in [6.07, 6.45) is 6.41. The first-order chi connectivity index (χ1) is 9.93. The van der Waals surface area contributed by atoms with E-state index in [1.165, 1.54) is 37.0 Å². The normalized spacial score (nSPS) is 33.0. The zero-order valence-electron chi connectivity index (χ0n) is 13.6. The van der Waals surface area contributed by atoms with Gasteiger partial charge in [0.25, 0.3) is 0 Å². The van der Waals surface area contributed by atoms with Crippen LogP contribution in [-0.2, 0) is 6.42 Å². The van der Waals surface area contributed by atoms with Gasteiger partial charge in [0, 0.05) is 16.2 Å². The van der Waals surface area contributed by atoms with E-state index in [1.807, 2.05) is 0 Å². The largest absolute Gasteiger partial charge is 0.327 e. The Bertz CT molecular complexity index is 466. The van der Waals surface area contributed by atoms with Crippen molar-refractivity contribution in [3.05, 3.63) is 29.8 Å². The highest BCUT2D eigenvalue weighted by Crippen LogP contribution is 2.45. The lowest BCUT2D eigenvalue weighted by Crippen LogP contribution is -2.40. The van der Waals surface area contributed by atoms with Crippen LogP contribution in [0.25, 0.3) is 0 Å². The molecule has 1 aromatic rings. The molecule has 0 spiro atoms. The summed E-state index contributed by atoms with van der Waals surface area (Å²) in [5, 5.41) is 0.747. The van der Waals surface area contributed by atoms with Crippen LogP contribution in [0.5, 0.6) is 0 Å². The van der Waals surface area contributed by atoms with E-state index in [9.17, 15) is 0 Å². The minimum absolute atomic E-state index is 0.424. The molecular weight excluding hydrogens is 274 g/mol. The molecule has 1 fully saturated rings. The maximum absolute atomic E-state index is 6.46. The molecule has 3 rings (SSSR count). The van der Waals surface area contributed by atoms with E-state index in [0.29, 0.717) is 11.5 Å². The second-order valence-electron chi connectivity index (χ2n) is 8.09. The van der Waals surface area contributed by atoms with Crippen LogP contribution in [0.15, 0.2) is 29.2 Å².